The molecule has 122 valence electrons. The molecular formula is C19H19N3O2. The van der Waals surface area contributed by atoms with Crippen molar-refractivity contribution in [2.75, 3.05) is 11.9 Å². The van der Waals surface area contributed by atoms with Crippen molar-refractivity contribution in [2.45, 2.75) is 20.8 Å². The first-order valence-corrected chi connectivity index (χ1v) is 7.86. The number of aryl methyl sites for hydroxylation is 2. The minimum atomic E-state index is -0.522. The molecule has 1 aromatic heterocycles. The quantitative estimate of drug-likeness (QED) is 0.731. The Hall–Kier alpha value is -2.95. The van der Waals surface area contributed by atoms with E-state index < -0.39 is 5.97 Å². The summed E-state index contributed by atoms with van der Waals surface area (Å²) in [7, 11) is 0. The first-order chi connectivity index (χ1) is 11.6. The van der Waals surface area contributed by atoms with Crippen molar-refractivity contribution in [1.82, 2.24) is 9.97 Å². The molecule has 5 heteroatoms. The molecule has 0 spiro atoms. The van der Waals surface area contributed by atoms with Gasteiger partial charge in [0.1, 0.15) is 5.82 Å². The molecule has 0 bridgehead atoms. The molecule has 0 amide bonds. The first kappa shape index (κ1) is 15.9. The monoisotopic (exact) mass is 321 g/mol. The summed E-state index contributed by atoms with van der Waals surface area (Å²) < 4.78 is 5.03. The lowest BCUT2D eigenvalue weighted by molar-refractivity contribution is 0.0512. The van der Waals surface area contributed by atoms with Gasteiger partial charge in [-0.25, -0.2) is 14.8 Å². The zero-order valence-electron chi connectivity index (χ0n) is 14.0. The highest BCUT2D eigenvalue weighted by molar-refractivity contribution is 5.95. The second-order valence-corrected chi connectivity index (χ2v) is 5.63. The van der Waals surface area contributed by atoms with Gasteiger partial charge in [0.2, 0.25) is 5.82 Å². The lowest BCUT2D eigenvalue weighted by atomic mass is 10.1. The van der Waals surface area contributed by atoms with Crippen molar-refractivity contribution in [3.63, 3.8) is 0 Å². The Labute approximate surface area is 140 Å². The van der Waals surface area contributed by atoms with Gasteiger partial charge in [0.15, 0.2) is 0 Å². The summed E-state index contributed by atoms with van der Waals surface area (Å²) in [5.74, 6) is 0.128. The summed E-state index contributed by atoms with van der Waals surface area (Å²) in [6.07, 6.45) is 0. The van der Waals surface area contributed by atoms with Crippen LogP contribution in [0.25, 0.3) is 10.9 Å². The van der Waals surface area contributed by atoms with E-state index in [1.165, 1.54) is 0 Å². The van der Waals surface area contributed by atoms with E-state index in [0.29, 0.717) is 11.3 Å². The molecule has 3 rings (SSSR count). The number of rotatable bonds is 4. The molecule has 0 aliphatic carbocycles. The zero-order valence-corrected chi connectivity index (χ0v) is 14.0. The maximum atomic E-state index is 12.0. The predicted molar refractivity (Wildman–Crippen MR) is 94.7 cm³/mol. The fourth-order valence-corrected chi connectivity index (χ4v) is 2.64. The van der Waals surface area contributed by atoms with Crippen molar-refractivity contribution >= 4 is 28.4 Å². The number of esters is 1. The average molecular weight is 321 g/mol. The third-order valence-corrected chi connectivity index (χ3v) is 3.55. The second kappa shape index (κ2) is 6.66. The molecule has 3 aromatic rings. The number of nitrogens with zero attached hydrogens (tertiary/aromatic N) is 2. The van der Waals surface area contributed by atoms with E-state index in [2.05, 4.69) is 21.4 Å². The number of fused-ring (bicyclic) bond motifs is 1. The number of nitrogens with one attached hydrogen (secondary N) is 1. The van der Waals surface area contributed by atoms with Crippen LogP contribution < -0.4 is 5.32 Å². The van der Waals surface area contributed by atoms with Gasteiger partial charge in [-0.2, -0.15) is 0 Å². The molecule has 0 fully saturated rings. The molecule has 24 heavy (non-hydrogen) atoms. The van der Waals surface area contributed by atoms with Gasteiger partial charge in [0.25, 0.3) is 0 Å². The number of aromatic nitrogens is 2. The molecule has 1 N–H and O–H groups in total. The summed E-state index contributed by atoms with van der Waals surface area (Å²) in [4.78, 5) is 20.7. The maximum absolute atomic E-state index is 12.0. The van der Waals surface area contributed by atoms with Gasteiger partial charge < -0.3 is 10.1 Å². The number of anilines is 2. The average Bonchev–Trinajstić information content (AvgIpc) is 2.54. The molecule has 5 nitrogen and oxygen atoms in total. The summed E-state index contributed by atoms with van der Waals surface area (Å²) >= 11 is 0. The number of ether oxygens (including phenoxy) is 1. The van der Waals surface area contributed by atoms with Crippen molar-refractivity contribution in [3.05, 3.63) is 59.4 Å². The highest BCUT2D eigenvalue weighted by atomic mass is 16.5. The molecule has 0 aliphatic rings. The van der Waals surface area contributed by atoms with Gasteiger partial charge in [-0.3, -0.25) is 0 Å². The molecule has 0 atom stereocenters. The fraction of sp³-hybridized carbons (Fsp3) is 0.211. The number of carbonyl (C=O) groups is 1. The minimum Gasteiger partial charge on any atom is -0.460 e. The topological polar surface area (TPSA) is 64.1 Å². The van der Waals surface area contributed by atoms with Crippen molar-refractivity contribution in [3.8, 4) is 0 Å². The fourth-order valence-electron chi connectivity index (χ4n) is 2.64. The molecule has 0 aliphatic heterocycles. The van der Waals surface area contributed by atoms with E-state index in [0.717, 1.165) is 22.2 Å². The van der Waals surface area contributed by atoms with Crippen LogP contribution in [-0.2, 0) is 4.74 Å². The summed E-state index contributed by atoms with van der Waals surface area (Å²) in [6.45, 7) is 6.13. The van der Waals surface area contributed by atoms with Crippen LogP contribution >= 0.6 is 0 Å². The van der Waals surface area contributed by atoms with Gasteiger partial charge in [0, 0.05) is 11.1 Å². The van der Waals surface area contributed by atoms with E-state index in [4.69, 9.17) is 4.74 Å². The van der Waals surface area contributed by atoms with Crippen molar-refractivity contribution in [1.29, 1.82) is 0 Å². The third-order valence-electron chi connectivity index (χ3n) is 3.55. The Kier molecular flexibility index (Phi) is 4.42. The molecule has 0 unspecified atom stereocenters. The zero-order chi connectivity index (χ0) is 17.1. The highest BCUT2D eigenvalue weighted by Gasteiger charge is 2.15. The third kappa shape index (κ3) is 3.35. The van der Waals surface area contributed by atoms with E-state index in [-0.39, 0.29) is 12.4 Å². The highest BCUT2D eigenvalue weighted by Crippen LogP contribution is 2.25. The smallest absolute Gasteiger partial charge is 0.376 e. The number of carbonyl (C=O) groups excluding carboxylic acids is 1. The van der Waals surface area contributed by atoms with Crippen molar-refractivity contribution in [2.24, 2.45) is 0 Å². The SMILES string of the molecule is CCOC(=O)c1nc(Nc2cc(C)cc(C)c2)c2ccccc2n1. The van der Waals surface area contributed by atoms with E-state index >= 15 is 0 Å². The summed E-state index contributed by atoms with van der Waals surface area (Å²) in [5, 5.41) is 4.16. The lowest BCUT2D eigenvalue weighted by Crippen LogP contribution is -2.11. The Morgan fingerprint density at radius 1 is 1.08 bits per heavy atom. The standard InChI is InChI=1S/C19H19N3O2/c1-4-24-19(23)18-21-16-8-6-5-7-15(16)17(22-18)20-14-10-12(2)9-13(3)11-14/h5-11H,4H2,1-3H3,(H,20,21,22). The minimum absolute atomic E-state index is 0.0578. The molecule has 2 aromatic carbocycles. The Morgan fingerprint density at radius 2 is 1.79 bits per heavy atom. The van der Waals surface area contributed by atoms with Crippen LogP contribution in [-0.4, -0.2) is 22.5 Å². The predicted octanol–water partition coefficient (Wildman–Crippen LogP) is 4.17. The van der Waals surface area contributed by atoms with Gasteiger partial charge >= 0.3 is 5.97 Å². The Balaban J connectivity index is 2.09. The molecule has 1 heterocycles. The second-order valence-electron chi connectivity index (χ2n) is 5.63. The van der Waals surface area contributed by atoms with Crippen LogP contribution in [0.15, 0.2) is 42.5 Å². The lowest BCUT2D eigenvalue weighted by Gasteiger charge is -2.11. The van der Waals surface area contributed by atoms with Crippen LogP contribution in [0.2, 0.25) is 0 Å². The largest absolute Gasteiger partial charge is 0.460 e. The van der Waals surface area contributed by atoms with Crippen LogP contribution in [0, 0.1) is 13.8 Å². The van der Waals surface area contributed by atoms with E-state index in [1.54, 1.807) is 6.92 Å². The number of hydrogen-bond acceptors (Lipinski definition) is 5. The number of hydrogen-bond donors (Lipinski definition) is 1. The van der Waals surface area contributed by atoms with Gasteiger partial charge in [-0.1, -0.05) is 18.2 Å². The Morgan fingerprint density at radius 3 is 2.50 bits per heavy atom. The van der Waals surface area contributed by atoms with Crippen LogP contribution in [0.4, 0.5) is 11.5 Å². The van der Waals surface area contributed by atoms with Gasteiger partial charge in [-0.15, -0.1) is 0 Å². The van der Waals surface area contributed by atoms with E-state index in [9.17, 15) is 4.79 Å². The van der Waals surface area contributed by atoms with Crippen LogP contribution in [0.5, 0.6) is 0 Å². The van der Waals surface area contributed by atoms with Crippen LogP contribution in [0.3, 0.4) is 0 Å². The van der Waals surface area contributed by atoms with Crippen molar-refractivity contribution < 1.29 is 9.53 Å². The van der Waals surface area contributed by atoms with E-state index in [1.807, 2.05) is 50.2 Å². The molecule has 0 saturated heterocycles. The summed E-state index contributed by atoms with van der Waals surface area (Å²) in [5.41, 5.74) is 3.93. The first-order valence-electron chi connectivity index (χ1n) is 7.86. The number of benzene rings is 2. The van der Waals surface area contributed by atoms with Gasteiger partial charge in [-0.05, 0) is 56.2 Å². The molecule has 0 saturated carbocycles. The van der Waals surface area contributed by atoms with Crippen LogP contribution in [0.1, 0.15) is 28.7 Å². The molecular weight excluding hydrogens is 302 g/mol. The van der Waals surface area contributed by atoms with Gasteiger partial charge in [0.05, 0.1) is 12.1 Å². The normalized spacial score (nSPS) is 10.6. The Bertz CT molecular complexity index is 886. The summed E-state index contributed by atoms with van der Waals surface area (Å²) in [6, 6.07) is 13.8. The molecule has 0 radical (unpaired) electrons. The maximum Gasteiger partial charge on any atom is 0.376 e. The number of para-hydroxylation sites is 1.